The smallest absolute Gasteiger partial charge is 0.255 e. The lowest BCUT2D eigenvalue weighted by Crippen LogP contribution is -2.57. The molecule has 254 valence electrons. The van der Waals surface area contributed by atoms with Crippen LogP contribution < -0.4 is 10.2 Å². The number of aromatic amines is 1. The first-order valence-electron chi connectivity index (χ1n) is 17.4. The molecule has 1 saturated carbocycles. The van der Waals surface area contributed by atoms with Crippen LogP contribution >= 0.6 is 0 Å². The molecule has 2 unspecified atom stereocenters. The zero-order chi connectivity index (χ0) is 33.5. The monoisotopic (exact) mass is 661 g/mol. The molecule has 8 rings (SSSR count). The Labute approximate surface area is 286 Å². The van der Waals surface area contributed by atoms with Gasteiger partial charge >= 0.3 is 0 Å². The van der Waals surface area contributed by atoms with Crippen LogP contribution in [0.3, 0.4) is 0 Å². The van der Waals surface area contributed by atoms with Gasteiger partial charge in [0.1, 0.15) is 12.1 Å². The summed E-state index contributed by atoms with van der Waals surface area (Å²) in [7, 11) is 2.17. The number of benzene rings is 2. The first-order valence-corrected chi connectivity index (χ1v) is 17.4. The Morgan fingerprint density at radius 1 is 0.959 bits per heavy atom. The number of para-hydroxylation sites is 1. The number of aromatic nitrogens is 3. The quantitative estimate of drug-likeness (QED) is 0.296. The van der Waals surface area contributed by atoms with E-state index >= 15 is 0 Å². The Morgan fingerprint density at radius 3 is 2.55 bits per heavy atom. The molecule has 12 heteroatoms. The van der Waals surface area contributed by atoms with Gasteiger partial charge in [0.15, 0.2) is 5.65 Å². The van der Waals surface area contributed by atoms with Crippen LogP contribution in [-0.2, 0) is 16.1 Å². The van der Waals surface area contributed by atoms with Crippen molar-refractivity contribution in [2.75, 3.05) is 64.4 Å². The van der Waals surface area contributed by atoms with Crippen molar-refractivity contribution in [3.63, 3.8) is 0 Å². The summed E-state index contributed by atoms with van der Waals surface area (Å²) in [5.41, 5.74) is 3.84. The first kappa shape index (κ1) is 31.5. The number of H-pyrrole nitrogens is 1. The molecule has 3 amide bonds. The molecule has 4 fully saturated rings. The van der Waals surface area contributed by atoms with E-state index in [1.54, 1.807) is 28.3 Å². The van der Waals surface area contributed by atoms with Crippen LogP contribution in [0.4, 0.5) is 5.69 Å². The number of piperidine rings is 1. The molecule has 5 heterocycles. The Hall–Kier alpha value is -4.81. The summed E-state index contributed by atoms with van der Waals surface area (Å²) in [5.74, 6) is 0.00431. The Bertz CT molecular complexity index is 1850. The zero-order valence-electron chi connectivity index (χ0n) is 27.9. The van der Waals surface area contributed by atoms with Gasteiger partial charge in [-0.1, -0.05) is 42.5 Å². The maximum Gasteiger partial charge on any atom is 0.255 e. The number of hydrogen-bond acceptors (Lipinski definition) is 8. The summed E-state index contributed by atoms with van der Waals surface area (Å²) >= 11 is 0. The minimum Gasteiger partial charge on any atom is -0.351 e. The Balaban J connectivity index is 0.907. The van der Waals surface area contributed by atoms with Gasteiger partial charge in [0, 0.05) is 75.0 Å². The second-order valence-corrected chi connectivity index (χ2v) is 14.1. The zero-order valence-corrected chi connectivity index (χ0v) is 27.9. The number of pyridine rings is 1. The number of anilines is 1. The van der Waals surface area contributed by atoms with Gasteiger partial charge in [-0.25, -0.2) is 4.98 Å². The Morgan fingerprint density at radius 2 is 1.76 bits per heavy atom. The number of likely N-dealkylation sites (tertiary alicyclic amines) is 1. The topological polar surface area (TPSA) is 121 Å². The average molecular weight is 662 g/mol. The SMILES string of the molecule is CN1CCN(Cc2cccc(C3CC3NC(=O)CN3CN(c4ccccc4)C4(CCN(C(=O)c5cnc6[nH]ncc6c5)CC4)C3=O)c2)CC1. The first-order chi connectivity index (χ1) is 23.9. The number of amides is 3. The highest BCUT2D eigenvalue weighted by molar-refractivity contribution is 5.99. The van der Waals surface area contributed by atoms with Crippen molar-refractivity contribution in [1.82, 2.24) is 40.1 Å². The molecule has 0 bridgehead atoms. The lowest BCUT2D eigenvalue weighted by molar-refractivity contribution is -0.137. The van der Waals surface area contributed by atoms with Crippen LogP contribution in [0.1, 0.15) is 46.7 Å². The van der Waals surface area contributed by atoms with Crippen LogP contribution in [0.25, 0.3) is 11.0 Å². The molecule has 3 aliphatic heterocycles. The third kappa shape index (κ3) is 6.26. The molecule has 2 aromatic heterocycles. The minimum atomic E-state index is -0.822. The summed E-state index contributed by atoms with van der Waals surface area (Å²) in [6, 6.07) is 20.6. The predicted molar refractivity (Wildman–Crippen MR) is 186 cm³/mol. The number of likely N-dealkylation sites (N-methyl/N-ethyl adjacent to an activating group) is 1. The molecule has 0 radical (unpaired) electrons. The fourth-order valence-corrected chi connectivity index (χ4v) is 7.87. The lowest BCUT2D eigenvalue weighted by Gasteiger charge is -2.43. The Kier molecular flexibility index (Phi) is 8.28. The van der Waals surface area contributed by atoms with Crippen LogP contribution in [-0.4, -0.2) is 124 Å². The van der Waals surface area contributed by atoms with Crippen molar-refractivity contribution in [3.8, 4) is 0 Å². The maximum absolute atomic E-state index is 14.2. The molecule has 49 heavy (non-hydrogen) atoms. The number of fused-ring (bicyclic) bond motifs is 1. The maximum atomic E-state index is 14.2. The van der Waals surface area contributed by atoms with E-state index < -0.39 is 5.54 Å². The highest BCUT2D eigenvalue weighted by Crippen LogP contribution is 2.42. The molecular formula is C37H43N9O3. The van der Waals surface area contributed by atoms with Gasteiger partial charge in [-0.3, -0.25) is 24.4 Å². The number of carbonyl (C=O) groups excluding carboxylic acids is 3. The summed E-state index contributed by atoms with van der Waals surface area (Å²) in [6.45, 7) is 6.50. The van der Waals surface area contributed by atoms with E-state index in [1.165, 1.54) is 11.1 Å². The standard InChI is InChI=1S/C37H43N9O3/c1-42-14-16-43(17-15-42)23-26-6-5-7-27(18-26)31-20-32(31)40-33(47)24-45-25-46(30-8-3-2-4-9-30)37(36(45)49)10-12-44(13-11-37)35(48)29-19-28-22-39-41-34(28)38-21-29/h2-9,18-19,21-22,31-32H,10-17,20,23-25H2,1H3,(H,40,47)(H,38,39,41). The summed E-state index contributed by atoms with van der Waals surface area (Å²) in [6.07, 6.45) is 5.08. The van der Waals surface area contributed by atoms with Gasteiger partial charge in [0.25, 0.3) is 11.8 Å². The summed E-state index contributed by atoms with van der Waals surface area (Å²) < 4.78 is 0. The number of carbonyl (C=O) groups is 3. The van der Waals surface area contributed by atoms with E-state index in [0.29, 0.717) is 49.7 Å². The molecule has 4 aromatic rings. The van der Waals surface area contributed by atoms with Crippen molar-refractivity contribution in [2.45, 2.75) is 43.3 Å². The predicted octanol–water partition coefficient (Wildman–Crippen LogP) is 2.66. The van der Waals surface area contributed by atoms with Gasteiger partial charge in [-0.15, -0.1) is 0 Å². The van der Waals surface area contributed by atoms with Gasteiger partial charge < -0.3 is 24.9 Å². The van der Waals surface area contributed by atoms with Gasteiger partial charge in [0.05, 0.1) is 18.4 Å². The number of hydrogen-bond donors (Lipinski definition) is 2. The molecule has 2 atom stereocenters. The number of rotatable bonds is 8. The van der Waals surface area contributed by atoms with Crippen LogP contribution in [0, 0.1) is 0 Å². The molecule has 3 saturated heterocycles. The van der Waals surface area contributed by atoms with E-state index in [-0.39, 0.29) is 30.3 Å². The fourth-order valence-electron chi connectivity index (χ4n) is 7.87. The molecule has 2 aromatic carbocycles. The molecular weight excluding hydrogens is 618 g/mol. The second-order valence-electron chi connectivity index (χ2n) is 14.1. The second kappa shape index (κ2) is 12.9. The van der Waals surface area contributed by atoms with Crippen LogP contribution in [0.5, 0.6) is 0 Å². The van der Waals surface area contributed by atoms with Gasteiger partial charge in [0.2, 0.25) is 5.91 Å². The average Bonchev–Trinajstić information content (AvgIpc) is 3.64. The highest BCUT2D eigenvalue weighted by atomic mass is 16.2. The van der Waals surface area contributed by atoms with E-state index in [1.807, 2.05) is 30.3 Å². The lowest BCUT2D eigenvalue weighted by atomic mass is 9.85. The van der Waals surface area contributed by atoms with Crippen molar-refractivity contribution >= 4 is 34.4 Å². The van der Waals surface area contributed by atoms with E-state index in [9.17, 15) is 14.4 Å². The van der Waals surface area contributed by atoms with Crippen molar-refractivity contribution in [3.05, 3.63) is 89.7 Å². The summed E-state index contributed by atoms with van der Waals surface area (Å²) in [4.78, 5) is 55.9. The van der Waals surface area contributed by atoms with E-state index in [4.69, 9.17) is 0 Å². The van der Waals surface area contributed by atoms with Crippen LogP contribution in [0.2, 0.25) is 0 Å². The number of nitrogens with zero attached hydrogens (tertiary/aromatic N) is 7. The third-order valence-corrected chi connectivity index (χ3v) is 10.9. The molecule has 12 nitrogen and oxygen atoms in total. The van der Waals surface area contributed by atoms with Crippen molar-refractivity contribution in [2.24, 2.45) is 0 Å². The fraction of sp³-hybridized carbons (Fsp3) is 0.432. The number of piperazine rings is 1. The summed E-state index contributed by atoms with van der Waals surface area (Å²) in [5, 5.41) is 10.8. The van der Waals surface area contributed by atoms with Gasteiger partial charge in [-0.2, -0.15) is 5.10 Å². The van der Waals surface area contributed by atoms with Crippen molar-refractivity contribution < 1.29 is 14.4 Å². The highest BCUT2D eigenvalue weighted by Gasteiger charge is 2.54. The van der Waals surface area contributed by atoms with Gasteiger partial charge in [-0.05, 0) is 55.6 Å². The normalized spacial score (nSPS) is 22.6. The minimum absolute atomic E-state index is 0.00954. The van der Waals surface area contributed by atoms with Crippen LogP contribution in [0.15, 0.2) is 73.1 Å². The molecule has 1 spiro atoms. The van der Waals surface area contributed by atoms with E-state index in [2.05, 4.69) is 66.5 Å². The molecule has 1 aliphatic carbocycles. The van der Waals surface area contributed by atoms with Crippen molar-refractivity contribution in [1.29, 1.82) is 0 Å². The van der Waals surface area contributed by atoms with E-state index in [0.717, 1.165) is 50.2 Å². The largest absolute Gasteiger partial charge is 0.351 e. The molecule has 4 aliphatic rings. The number of nitrogens with one attached hydrogen (secondary N) is 2. The third-order valence-electron chi connectivity index (χ3n) is 10.9. The molecule has 2 N–H and O–H groups in total.